The maximum atomic E-state index is 6.32. The molecule has 2 aromatic heterocycles. The van der Waals surface area contributed by atoms with Crippen molar-refractivity contribution in [1.29, 1.82) is 0 Å². The summed E-state index contributed by atoms with van der Waals surface area (Å²) in [5, 5.41) is 7.87. The number of nitrogens with one attached hydrogen (secondary N) is 2. The van der Waals surface area contributed by atoms with Crippen LogP contribution in [0.4, 0.5) is 23.0 Å². The largest absolute Gasteiger partial charge is 0.393 e. The Balaban J connectivity index is 1.61. The highest BCUT2D eigenvalue weighted by molar-refractivity contribution is 5.93. The minimum Gasteiger partial charge on any atom is -0.393 e. The van der Waals surface area contributed by atoms with Gasteiger partial charge in [0.2, 0.25) is 0 Å². The molecule has 0 spiro atoms. The average Bonchev–Trinajstić information content (AvgIpc) is 2.66. The Morgan fingerprint density at radius 2 is 1.72 bits per heavy atom. The number of anilines is 4. The molecule has 1 aliphatic rings. The van der Waals surface area contributed by atoms with E-state index in [2.05, 4.69) is 25.6 Å². The fourth-order valence-corrected chi connectivity index (χ4v) is 3.38. The van der Waals surface area contributed by atoms with Gasteiger partial charge >= 0.3 is 0 Å². The Morgan fingerprint density at radius 1 is 0.920 bits per heavy atom. The lowest BCUT2D eigenvalue weighted by Crippen LogP contribution is -2.23. The molecule has 0 aliphatic heterocycles. The molecule has 4 rings (SSSR count). The van der Waals surface area contributed by atoms with Gasteiger partial charge in [-0.1, -0.05) is 37.5 Å². The first-order valence-corrected chi connectivity index (χ1v) is 8.79. The molecule has 4 N–H and O–H groups in total. The van der Waals surface area contributed by atoms with Gasteiger partial charge in [-0.3, -0.25) is 4.98 Å². The van der Waals surface area contributed by atoms with Crippen molar-refractivity contribution in [2.24, 2.45) is 0 Å². The van der Waals surface area contributed by atoms with Gasteiger partial charge < -0.3 is 16.4 Å². The highest BCUT2D eigenvalue weighted by Gasteiger charge is 2.16. The second-order valence-electron chi connectivity index (χ2n) is 6.47. The molecule has 25 heavy (non-hydrogen) atoms. The van der Waals surface area contributed by atoms with Crippen molar-refractivity contribution in [3.63, 3.8) is 0 Å². The van der Waals surface area contributed by atoms with Crippen molar-refractivity contribution in [2.45, 2.75) is 38.1 Å². The minimum atomic E-state index is 0.443. The molecule has 1 aliphatic carbocycles. The number of nitrogens with two attached hydrogens (primary N) is 1. The Kier molecular flexibility index (Phi) is 4.33. The van der Waals surface area contributed by atoms with Crippen molar-refractivity contribution in [3.8, 4) is 0 Å². The Hall–Kier alpha value is -2.89. The zero-order chi connectivity index (χ0) is 17.1. The molecule has 6 heteroatoms. The molecule has 1 fully saturated rings. The number of pyridine rings is 1. The molecule has 0 bridgehead atoms. The second-order valence-corrected chi connectivity index (χ2v) is 6.47. The van der Waals surface area contributed by atoms with E-state index in [0.717, 1.165) is 16.6 Å². The summed E-state index contributed by atoms with van der Waals surface area (Å²) in [5.74, 6) is 1.31. The van der Waals surface area contributed by atoms with Crippen LogP contribution in [0.5, 0.6) is 0 Å². The summed E-state index contributed by atoms with van der Waals surface area (Å²) in [6.07, 6.45) is 9.50. The van der Waals surface area contributed by atoms with Crippen LogP contribution in [0.25, 0.3) is 10.9 Å². The number of benzene rings is 1. The van der Waals surface area contributed by atoms with Gasteiger partial charge in [-0.15, -0.1) is 0 Å². The van der Waals surface area contributed by atoms with Gasteiger partial charge in [0, 0.05) is 17.6 Å². The molecule has 1 aromatic carbocycles. The summed E-state index contributed by atoms with van der Waals surface area (Å²) in [7, 11) is 0. The quantitative estimate of drug-likeness (QED) is 0.666. The van der Waals surface area contributed by atoms with E-state index in [1.807, 2.05) is 30.3 Å². The fourth-order valence-electron chi connectivity index (χ4n) is 3.38. The van der Waals surface area contributed by atoms with Crippen molar-refractivity contribution < 1.29 is 0 Å². The number of fused-ring (bicyclic) bond motifs is 1. The van der Waals surface area contributed by atoms with Gasteiger partial charge in [0.25, 0.3) is 0 Å². The maximum absolute atomic E-state index is 6.32. The molecule has 0 amide bonds. The first-order valence-electron chi connectivity index (χ1n) is 8.79. The Bertz CT molecular complexity index is 867. The van der Waals surface area contributed by atoms with Gasteiger partial charge in [-0.25, -0.2) is 9.97 Å². The van der Waals surface area contributed by atoms with Crippen LogP contribution in [0.2, 0.25) is 0 Å². The highest BCUT2D eigenvalue weighted by Crippen LogP contribution is 2.30. The molecule has 0 atom stereocenters. The normalized spacial score (nSPS) is 15.2. The van der Waals surface area contributed by atoms with Gasteiger partial charge in [0.1, 0.15) is 12.0 Å². The van der Waals surface area contributed by atoms with E-state index >= 15 is 0 Å². The van der Waals surface area contributed by atoms with Crippen LogP contribution in [-0.4, -0.2) is 21.0 Å². The summed E-state index contributed by atoms with van der Waals surface area (Å²) in [6, 6.07) is 10.4. The number of rotatable bonds is 4. The van der Waals surface area contributed by atoms with Gasteiger partial charge in [-0.2, -0.15) is 0 Å². The zero-order valence-corrected chi connectivity index (χ0v) is 14.1. The predicted octanol–water partition coefficient (Wildman–Crippen LogP) is 4.10. The van der Waals surface area contributed by atoms with E-state index in [0.29, 0.717) is 23.4 Å². The van der Waals surface area contributed by atoms with E-state index in [1.54, 1.807) is 12.5 Å². The summed E-state index contributed by atoms with van der Waals surface area (Å²) in [4.78, 5) is 13.1. The zero-order valence-electron chi connectivity index (χ0n) is 14.1. The van der Waals surface area contributed by atoms with Gasteiger partial charge in [-0.05, 0) is 25.0 Å². The Morgan fingerprint density at radius 3 is 2.60 bits per heavy atom. The number of nitrogen functional groups attached to an aromatic ring is 1. The molecule has 3 aromatic rings. The number of hydrogen-bond acceptors (Lipinski definition) is 6. The van der Waals surface area contributed by atoms with Crippen LogP contribution in [0.3, 0.4) is 0 Å². The monoisotopic (exact) mass is 334 g/mol. The summed E-state index contributed by atoms with van der Waals surface area (Å²) >= 11 is 0. The molecule has 2 heterocycles. The first kappa shape index (κ1) is 15.6. The van der Waals surface area contributed by atoms with E-state index in [1.165, 1.54) is 32.1 Å². The number of aromatic nitrogens is 3. The van der Waals surface area contributed by atoms with Crippen LogP contribution >= 0.6 is 0 Å². The molecule has 0 saturated heterocycles. The lowest BCUT2D eigenvalue weighted by molar-refractivity contribution is 0.462. The van der Waals surface area contributed by atoms with Gasteiger partial charge in [0.05, 0.1) is 11.2 Å². The third-order valence-electron chi connectivity index (χ3n) is 4.72. The van der Waals surface area contributed by atoms with E-state index < -0.39 is 0 Å². The summed E-state index contributed by atoms with van der Waals surface area (Å²) in [6.45, 7) is 0. The summed E-state index contributed by atoms with van der Waals surface area (Å²) in [5.41, 5.74) is 8.64. The molecule has 128 valence electrons. The maximum Gasteiger partial charge on any atom is 0.159 e. The molecule has 0 unspecified atom stereocenters. The summed E-state index contributed by atoms with van der Waals surface area (Å²) < 4.78 is 0. The lowest BCUT2D eigenvalue weighted by atomic mass is 9.95. The minimum absolute atomic E-state index is 0.443. The number of para-hydroxylation sites is 1. The van der Waals surface area contributed by atoms with Gasteiger partial charge in [0.15, 0.2) is 11.6 Å². The van der Waals surface area contributed by atoms with Crippen molar-refractivity contribution >= 4 is 33.9 Å². The molecule has 1 saturated carbocycles. The van der Waals surface area contributed by atoms with Crippen molar-refractivity contribution in [3.05, 3.63) is 42.9 Å². The molecular formula is C19H22N6. The van der Waals surface area contributed by atoms with Crippen LogP contribution in [-0.2, 0) is 0 Å². The van der Waals surface area contributed by atoms with Crippen LogP contribution in [0.1, 0.15) is 32.1 Å². The molecular weight excluding hydrogens is 312 g/mol. The SMILES string of the molecule is Nc1c(Nc2cccc3cccnc23)ncnc1NC1CCCCC1. The van der Waals surface area contributed by atoms with E-state index in [-0.39, 0.29) is 0 Å². The van der Waals surface area contributed by atoms with Crippen molar-refractivity contribution in [2.75, 3.05) is 16.4 Å². The predicted molar refractivity (Wildman–Crippen MR) is 102 cm³/mol. The standard InChI is InChI=1S/C19H22N6/c20-16-18(24-14-8-2-1-3-9-14)22-12-23-19(16)25-15-10-4-6-13-7-5-11-21-17(13)15/h4-7,10-12,14H,1-3,8-9,20H2,(H2,22,23,24,25). The van der Waals surface area contributed by atoms with Crippen LogP contribution < -0.4 is 16.4 Å². The van der Waals surface area contributed by atoms with Crippen LogP contribution in [0.15, 0.2) is 42.9 Å². The highest BCUT2D eigenvalue weighted by atomic mass is 15.1. The third kappa shape index (κ3) is 3.33. The van der Waals surface area contributed by atoms with E-state index in [9.17, 15) is 0 Å². The number of nitrogens with zero attached hydrogens (tertiary/aromatic N) is 3. The third-order valence-corrected chi connectivity index (χ3v) is 4.72. The second kappa shape index (κ2) is 6.93. The lowest BCUT2D eigenvalue weighted by Gasteiger charge is -2.24. The average molecular weight is 334 g/mol. The Labute approximate surface area is 146 Å². The number of hydrogen-bond donors (Lipinski definition) is 3. The molecule has 6 nitrogen and oxygen atoms in total. The van der Waals surface area contributed by atoms with E-state index in [4.69, 9.17) is 5.73 Å². The van der Waals surface area contributed by atoms with Crippen molar-refractivity contribution in [1.82, 2.24) is 15.0 Å². The fraction of sp³-hybridized carbons (Fsp3) is 0.316. The van der Waals surface area contributed by atoms with Crippen LogP contribution in [0, 0.1) is 0 Å². The molecule has 0 radical (unpaired) electrons. The smallest absolute Gasteiger partial charge is 0.159 e. The topological polar surface area (TPSA) is 88.8 Å². The first-order chi connectivity index (χ1) is 12.3.